The van der Waals surface area contributed by atoms with Gasteiger partial charge in [-0.2, -0.15) is 0 Å². The van der Waals surface area contributed by atoms with Crippen molar-refractivity contribution in [2.45, 2.75) is 0 Å². The predicted octanol–water partition coefficient (Wildman–Crippen LogP) is -0.478. The summed E-state index contributed by atoms with van der Waals surface area (Å²) < 4.78 is 0. The Kier molecular flexibility index (Phi) is 2400. The van der Waals surface area contributed by atoms with Crippen LogP contribution in [0.15, 0.2) is 0 Å². The van der Waals surface area contributed by atoms with Gasteiger partial charge in [-0.3, -0.25) is 0 Å². The Hall–Kier alpha value is 1.41. The average molecular weight is 358 g/mol. The minimum atomic E-state index is 0. The Morgan fingerprint density at radius 3 is 0.500 bits per heavy atom. The van der Waals surface area contributed by atoms with Crippen LogP contribution in [0, 0.1) is 31.1 Å². The first-order valence-electron chi connectivity index (χ1n) is 0. The van der Waals surface area contributed by atoms with Crippen LogP contribution in [0.4, 0.5) is 0 Å². The molecule has 0 unspecified atom stereocenters. The zero-order valence-electron chi connectivity index (χ0n) is 2.49. The second kappa shape index (κ2) is 94.2. The Morgan fingerprint density at radius 2 is 0.500 bits per heavy atom. The molecule has 0 fully saturated rings. The van der Waals surface area contributed by atoms with E-state index < -0.39 is 0 Å². The molecule has 0 aliphatic rings. The van der Waals surface area contributed by atoms with Crippen LogP contribution >= 0.6 is 0 Å². The van der Waals surface area contributed by atoms with Gasteiger partial charge in [-0.25, -0.2) is 0 Å². The van der Waals surface area contributed by atoms with Crippen LogP contribution in [-0.4, -0.2) is 0 Å². The summed E-state index contributed by atoms with van der Waals surface area (Å²) in [4.78, 5) is 0. The van der Waals surface area contributed by atoms with Gasteiger partial charge in [0.15, 0.2) is 0 Å². The van der Waals surface area contributed by atoms with E-state index in [-0.39, 0.29) is 70.1 Å². The topological polar surface area (TPSA) is 114 Å². The number of hydrogen-bond donors (Lipinski definition) is 0. The zero-order valence-corrected chi connectivity index (χ0v) is 7.75. The molecule has 0 saturated heterocycles. The predicted molar refractivity (Wildman–Crippen MR) is 2.75 cm³/mol. The normalized spacial score (nSPS) is 0. The average Bonchev–Trinajstić information content (AvgIpc) is 0. The molecule has 42 valence electrons. The molecule has 0 rings (SSSR count). The van der Waals surface area contributed by atoms with Gasteiger partial charge in [0.2, 0.25) is 0 Å². The molecule has 0 aromatic carbocycles. The van der Waals surface area contributed by atoms with Gasteiger partial charge in [-0.05, 0) is 0 Å². The summed E-state index contributed by atoms with van der Waals surface area (Å²) in [6.45, 7) is 0. The maximum absolute atomic E-state index is 0. The molecule has 0 saturated carbocycles. The smallest absolute Gasteiger partial charge is 2.00 e. The van der Waals surface area contributed by atoms with Crippen molar-refractivity contribution in [2.75, 3.05) is 0 Å². The van der Waals surface area contributed by atoms with Crippen LogP contribution in [0.25, 0.3) is 0 Å². The van der Waals surface area contributed by atoms with E-state index in [1.807, 2.05) is 0 Å². The molecule has 0 bridgehead atoms. The largest absolute Gasteiger partial charge is 2.00 e. The van der Waals surface area contributed by atoms with E-state index in [4.69, 9.17) is 0 Å². The van der Waals surface area contributed by atoms with E-state index in [1.165, 1.54) is 0 Å². The van der Waals surface area contributed by atoms with Crippen molar-refractivity contribution < 1.29 is 70.1 Å². The fourth-order valence-electron chi connectivity index (χ4n) is 0. The van der Waals surface area contributed by atoms with Crippen LogP contribution in [0.1, 0.15) is 0 Å². The van der Waals surface area contributed by atoms with Gasteiger partial charge in [0.05, 0.1) is 0 Å². The summed E-state index contributed by atoms with van der Waals surface area (Å²) >= 11 is 0. The first kappa shape index (κ1) is 153. The summed E-state index contributed by atoms with van der Waals surface area (Å²) in [5.74, 6) is 0. The number of rotatable bonds is 0. The molecular weight excluding hydrogens is 358 g/mol. The van der Waals surface area contributed by atoms with E-state index in [0.717, 1.165) is 0 Å². The van der Waals surface area contributed by atoms with Gasteiger partial charge < -0.3 is 21.9 Å². The third-order valence-electron chi connectivity index (χ3n) is 0. The number of hydrogen-bond acceptors (Lipinski definition) is 0. The second-order valence-electron chi connectivity index (χ2n) is 0. The SMILES string of the molecule is [Fe+2].[O-2].[O-2].[O-2].[O-2].[U]. The van der Waals surface area contributed by atoms with E-state index in [0.29, 0.717) is 0 Å². The minimum absolute atomic E-state index is 0. The van der Waals surface area contributed by atoms with Gasteiger partial charge in [0.25, 0.3) is 0 Å². The van der Waals surface area contributed by atoms with Crippen LogP contribution in [-0.2, 0) is 39.0 Å². The summed E-state index contributed by atoms with van der Waals surface area (Å²) in [5.41, 5.74) is 0. The van der Waals surface area contributed by atoms with E-state index in [1.54, 1.807) is 0 Å². The molecule has 0 aromatic heterocycles. The van der Waals surface area contributed by atoms with Gasteiger partial charge >= 0.3 is 17.1 Å². The fourth-order valence-corrected chi connectivity index (χ4v) is 0. The van der Waals surface area contributed by atoms with Gasteiger partial charge in [0, 0.05) is 31.1 Å². The summed E-state index contributed by atoms with van der Waals surface area (Å²) in [6, 6.07) is 0. The van der Waals surface area contributed by atoms with Gasteiger partial charge in [-0.15, -0.1) is 0 Å². The molecule has 0 heterocycles. The first-order valence-corrected chi connectivity index (χ1v) is 0. The van der Waals surface area contributed by atoms with Crippen molar-refractivity contribution >= 4 is 0 Å². The van der Waals surface area contributed by atoms with Crippen molar-refractivity contribution in [1.82, 2.24) is 0 Å². The monoisotopic (exact) mass is 358 g/mol. The molecule has 0 N–H and O–H groups in total. The maximum Gasteiger partial charge on any atom is 2.00 e. The second-order valence-corrected chi connectivity index (χ2v) is 0. The molecule has 0 aromatic rings. The van der Waals surface area contributed by atoms with E-state index in [9.17, 15) is 0 Å². The van der Waals surface area contributed by atoms with Crippen LogP contribution in [0.5, 0.6) is 0 Å². The Morgan fingerprint density at radius 1 is 0.500 bits per heavy atom. The zero-order chi connectivity index (χ0) is 0. The van der Waals surface area contributed by atoms with Gasteiger partial charge in [-0.1, -0.05) is 0 Å². The first-order chi connectivity index (χ1) is 0. The summed E-state index contributed by atoms with van der Waals surface area (Å²) in [7, 11) is 0. The molecule has 6 heteroatoms. The molecule has 0 aliphatic heterocycles. The van der Waals surface area contributed by atoms with E-state index >= 15 is 0 Å². The third kappa shape index (κ3) is 52.9. The van der Waals surface area contributed by atoms with Gasteiger partial charge in [0.1, 0.15) is 0 Å². The van der Waals surface area contributed by atoms with Crippen molar-refractivity contribution in [2.24, 2.45) is 0 Å². The third-order valence-corrected chi connectivity index (χ3v) is 0. The van der Waals surface area contributed by atoms with E-state index in [2.05, 4.69) is 0 Å². The Labute approximate surface area is 69.8 Å². The van der Waals surface area contributed by atoms with Crippen molar-refractivity contribution in [3.05, 3.63) is 0 Å². The molecule has 0 radical (unpaired) electrons. The van der Waals surface area contributed by atoms with Crippen molar-refractivity contribution in [3.63, 3.8) is 0 Å². The Balaban J connectivity index is 0. The quantitative estimate of drug-likeness (QED) is 0.521. The van der Waals surface area contributed by atoms with Crippen LogP contribution < -0.4 is 0 Å². The molecule has 0 aliphatic carbocycles. The molecule has 0 spiro atoms. The minimum Gasteiger partial charge on any atom is -2.00 e. The molecule has 4 nitrogen and oxygen atoms in total. The summed E-state index contributed by atoms with van der Waals surface area (Å²) in [5, 5.41) is 0. The van der Waals surface area contributed by atoms with Crippen LogP contribution in [0.3, 0.4) is 0 Å². The maximum atomic E-state index is 0. The molecular formula is FeO4U-6. The summed E-state index contributed by atoms with van der Waals surface area (Å²) in [6.07, 6.45) is 0. The molecule has 0 atom stereocenters. The Bertz CT molecular complexity index is 7.51. The molecule has 0 amide bonds. The van der Waals surface area contributed by atoms with Crippen molar-refractivity contribution in [1.29, 1.82) is 0 Å². The fraction of sp³-hybridized carbons (Fsp3) is 0. The molecule has 6 heavy (non-hydrogen) atoms. The standard InChI is InChI=1S/Fe.4O.U/q+2;4*-2;. The van der Waals surface area contributed by atoms with Crippen LogP contribution in [0.2, 0.25) is 0 Å². The van der Waals surface area contributed by atoms with Crippen molar-refractivity contribution in [3.8, 4) is 0 Å².